The molecule has 1 aromatic carbocycles. The van der Waals surface area contributed by atoms with Crippen LogP contribution in [0.2, 0.25) is 5.02 Å². The SMILES string of the molecule is CCO.Clc1ccc2c(c1)CCc1cccnc1C2=C1CCNCC1. The zero-order valence-electron chi connectivity index (χ0n) is 14.7. The molecule has 1 aliphatic heterocycles. The van der Waals surface area contributed by atoms with Gasteiger partial charge >= 0.3 is 0 Å². The lowest BCUT2D eigenvalue weighted by atomic mass is 9.89. The van der Waals surface area contributed by atoms with Crippen LogP contribution < -0.4 is 5.32 Å². The molecule has 2 heterocycles. The maximum atomic E-state index is 7.57. The summed E-state index contributed by atoms with van der Waals surface area (Å²) in [5, 5.41) is 11.8. The number of rotatable bonds is 0. The lowest BCUT2D eigenvalue weighted by molar-refractivity contribution is 0.318. The van der Waals surface area contributed by atoms with Crippen LogP contribution in [-0.4, -0.2) is 29.8 Å². The van der Waals surface area contributed by atoms with E-state index in [-0.39, 0.29) is 6.61 Å². The maximum Gasteiger partial charge on any atom is 0.0739 e. The summed E-state index contributed by atoms with van der Waals surface area (Å²) in [5.41, 5.74) is 8.12. The van der Waals surface area contributed by atoms with E-state index in [2.05, 4.69) is 23.5 Å². The van der Waals surface area contributed by atoms with E-state index >= 15 is 0 Å². The van der Waals surface area contributed by atoms with Gasteiger partial charge in [-0.05, 0) is 80.6 Å². The average Bonchev–Trinajstić information content (AvgIpc) is 2.80. The minimum absolute atomic E-state index is 0.250. The highest BCUT2D eigenvalue weighted by Crippen LogP contribution is 2.37. The van der Waals surface area contributed by atoms with Crippen LogP contribution in [0.5, 0.6) is 0 Å². The summed E-state index contributed by atoms with van der Waals surface area (Å²) in [6.45, 7) is 4.05. The number of piperidine rings is 1. The van der Waals surface area contributed by atoms with Gasteiger partial charge in [0.2, 0.25) is 0 Å². The molecule has 1 saturated heterocycles. The number of hydrogen-bond donors (Lipinski definition) is 2. The van der Waals surface area contributed by atoms with E-state index in [1.165, 1.54) is 33.5 Å². The topological polar surface area (TPSA) is 45.2 Å². The minimum atomic E-state index is 0.250. The molecule has 0 bridgehead atoms. The fraction of sp³-hybridized carbons (Fsp3) is 0.381. The summed E-state index contributed by atoms with van der Waals surface area (Å²) in [6, 6.07) is 10.6. The van der Waals surface area contributed by atoms with Crippen molar-refractivity contribution in [3.8, 4) is 0 Å². The number of aryl methyl sites for hydroxylation is 2. The summed E-state index contributed by atoms with van der Waals surface area (Å²) >= 11 is 6.23. The number of pyridine rings is 1. The third kappa shape index (κ3) is 4.12. The molecule has 2 N–H and O–H groups in total. The zero-order chi connectivity index (χ0) is 17.6. The van der Waals surface area contributed by atoms with Crippen molar-refractivity contribution in [2.75, 3.05) is 19.7 Å². The molecule has 4 heteroatoms. The molecule has 1 aromatic heterocycles. The van der Waals surface area contributed by atoms with Crippen molar-refractivity contribution >= 4 is 17.2 Å². The first-order valence-corrected chi connectivity index (χ1v) is 9.39. The van der Waals surface area contributed by atoms with Gasteiger partial charge in [-0.25, -0.2) is 0 Å². The van der Waals surface area contributed by atoms with Gasteiger partial charge in [0, 0.05) is 23.4 Å². The number of nitrogens with zero attached hydrogens (tertiary/aromatic N) is 1. The molecular weight excluding hydrogens is 332 g/mol. The van der Waals surface area contributed by atoms with E-state index in [0.29, 0.717) is 0 Å². The van der Waals surface area contributed by atoms with E-state index in [0.717, 1.165) is 43.8 Å². The Morgan fingerprint density at radius 1 is 1.08 bits per heavy atom. The number of nitrogens with one attached hydrogen (secondary N) is 1. The van der Waals surface area contributed by atoms with Crippen LogP contribution in [0.3, 0.4) is 0 Å². The van der Waals surface area contributed by atoms with E-state index in [1.54, 1.807) is 6.92 Å². The highest BCUT2D eigenvalue weighted by molar-refractivity contribution is 6.30. The third-order valence-electron chi connectivity index (χ3n) is 4.69. The van der Waals surface area contributed by atoms with Crippen molar-refractivity contribution in [1.82, 2.24) is 10.3 Å². The number of aromatic nitrogens is 1. The number of halogens is 1. The second kappa shape index (κ2) is 8.61. The molecule has 3 nitrogen and oxygen atoms in total. The van der Waals surface area contributed by atoms with Crippen molar-refractivity contribution in [1.29, 1.82) is 0 Å². The smallest absolute Gasteiger partial charge is 0.0739 e. The highest BCUT2D eigenvalue weighted by atomic mass is 35.5. The molecule has 0 atom stereocenters. The first kappa shape index (κ1) is 18.1. The van der Waals surface area contributed by atoms with Gasteiger partial charge in [-0.3, -0.25) is 4.98 Å². The maximum absolute atomic E-state index is 7.57. The standard InChI is InChI=1S/C19H19ClN2.C2H6O/c20-16-5-6-17-15(12-16)4-3-14-2-1-9-22-19(14)18(17)13-7-10-21-11-8-13;1-2-3/h1-2,5-6,9,12,21H,3-4,7-8,10-11H2;3H,2H2,1H3. The highest BCUT2D eigenvalue weighted by Gasteiger charge is 2.23. The van der Waals surface area contributed by atoms with Crippen molar-refractivity contribution in [2.24, 2.45) is 0 Å². The third-order valence-corrected chi connectivity index (χ3v) is 4.92. The Labute approximate surface area is 154 Å². The Bertz CT molecular complexity index is 762. The second-order valence-electron chi connectivity index (χ2n) is 6.36. The molecule has 0 saturated carbocycles. The molecule has 0 amide bonds. The molecule has 25 heavy (non-hydrogen) atoms. The van der Waals surface area contributed by atoms with Gasteiger partial charge in [0.25, 0.3) is 0 Å². The van der Waals surface area contributed by atoms with Crippen molar-refractivity contribution < 1.29 is 5.11 Å². The fourth-order valence-electron chi connectivity index (χ4n) is 3.61. The lowest BCUT2D eigenvalue weighted by Gasteiger charge is -2.21. The normalized spacial score (nSPS) is 16.3. The van der Waals surface area contributed by atoms with Crippen LogP contribution in [0.15, 0.2) is 42.1 Å². The molecule has 2 aromatic rings. The lowest BCUT2D eigenvalue weighted by Crippen LogP contribution is -2.24. The number of benzene rings is 1. The second-order valence-corrected chi connectivity index (χ2v) is 6.79. The summed E-state index contributed by atoms with van der Waals surface area (Å²) in [6.07, 6.45) is 6.19. The largest absolute Gasteiger partial charge is 0.397 e. The van der Waals surface area contributed by atoms with Gasteiger partial charge in [0.05, 0.1) is 5.69 Å². The number of aliphatic hydroxyl groups excluding tert-OH is 1. The van der Waals surface area contributed by atoms with Crippen LogP contribution in [-0.2, 0) is 12.8 Å². The van der Waals surface area contributed by atoms with E-state index in [9.17, 15) is 0 Å². The Balaban J connectivity index is 0.000000569. The van der Waals surface area contributed by atoms with Crippen LogP contribution in [0, 0.1) is 0 Å². The van der Waals surface area contributed by atoms with Gasteiger partial charge in [-0.1, -0.05) is 29.3 Å². The van der Waals surface area contributed by atoms with Crippen LogP contribution in [0.1, 0.15) is 42.1 Å². The Kier molecular flexibility index (Phi) is 6.24. The number of aliphatic hydroxyl groups is 1. The monoisotopic (exact) mass is 356 g/mol. The van der Waals surface area contributed by atoms with Crippen LogP contribution in [0.4, 0.5) is 0 Å². The average molecular weight is 357 g/mol. The predicted molar refractivity (Wildman–Crippen MR) is 104 cm³/mol. The summed E-state index contributed by atoms with van der Waals surface area (Å²) < 4.78 is 0. The number of hydrogen-bond acceptors (Lipinski definition) is 3. The van der Waals surface area contributed by atoms with Gasteiger partial charge in [0.1, 0.15) is 0 Å². The van der Waals surface area contributed by atoms with E-state index in [4.69, 9.17) is 21.7 Å². The fourth-order valence-corrected chi connectivity index (χ4v) is 3.81. The van der Waals surface area contributed by atoms with E-state index < -0.39 is 0 Å². The first-order chi connectivity index (χ1) is 12.2. The summed E-state index contributed by atoms with van der Waals surface area (Å²) in [4.78, 5) is 4.75. The van der Waals surface area contributed by atoms with Crippen LogP contribution in [0.25, 0.3) is 5.57 Å². The van der Waals surface area contributed by atoms with Crippen LogP contribution >= 0.6 is 11.6 Å². The summed E-state index contributed by atoms with van der Waals surface area (Å²) in [7, 11) is 0. The Hall–Kier alpha value is -1.68. The molecule has 4 rings (SSSR count). The molecule has 132 valence electrons. The van der Waals surface area contributed by atoms with Crippen molar-refractivity contribution in [3.05, 3.63) is 69.5 Å². The molecular formula is C21H25ClN2O. The van der Waals surface area contributed by atoms with Gasteiger partial charge < -0.3 is 10.4 Å². The molecule has 2 aliphatic rings. The van der Waals surface area contributed by atoms with Gasteiger partial charge in [-0.15, -0.1) is 0 Å². The molecule has 0 spiro atoms. The molecule has 1 aliphatic carbocycles. The molecule has 0 unspecified atom stereocenters. The first-order valence-electron chi connectivity index (χ1n) is 9.01. The Morgan fingerprint density at radius 2 is 1.80 bits per heavy atom. The zero-order valence-corrected chi connectivity index (χ0v) is 15.4. The molecule has 0 radical (unpaired) electrons. The number of fused-ring (bicyclic) bond motifs is 2. The van der Waals surface area contributed by atoms with Gasteiger partial charge in [-0.2, -0.15) is 0 Å². The predicted octanol–water partition coefficient (Wildman–Crippen LogP) is 4.02. The van der Waals surface area contributed by atoms with Crippen molar-refractivity contribution in [2.45, 2.75) is 32.6 Å². The quantitative estimate of drug-likeness (QED) is 0.749. The molecule has 1 fully saturated rings. The van der Waals surface area contributed by atoms with Crippen molar-refractivity contribution in [3.63, 3.8) is 0 Å². The van der Waals surface area contributed by atoms with E-state index in [1.807, 2.05) is 18.3 Å². The minimum Gasteiger partial charge on any atom is -0.397 e. The Morgan fingerprint density at radius 3 is 2.56 bits per heavy atom. The van der Waals surface area contributed by atoms with Gasteiger partial charge in [0.15, 0.2) is 0 Å². The summed E-state index contributed by atoms with van der Waals surface area (Å²) in [5.74, 6) is 0.